The maximum Gasteiger partial charge on any atom is 0.238 e. The summed E-state index contributed by atoms with van der Waals surface area (Å²) < 4.78 is 8.96. The van der Waals surface area contributed by atoms with Gasteiger partial charge in [-0.2, -0.15) is 0 Å². The first kappa shape index (κ1) is 18.6. The van der Waals surface area contributed by atoms with Gasteiger partial charge in [0.15, 0.2) is 0 Å². The van der Waals surface area contributed by atoms with Crippen molar-refractivity contribution in [2.75, 3.05) is 32.0 Å². The summed E-state index contributed by atoms with van der Waals surface area (Å²) in [4.78, 5) is 12.9. The van der Waals surface area contributed by atoms with Crippen LogP contribution in [0.1, 0.15) is 48.6 Å². The predicted octanol–water partition coefficient (Wildman–Crippen LogP) is 4.29. The molecule has 0 atom stereocenters. The number of nitrogens with one attached hydrogen (secondary N) is 1. The highest BCUT2D eigenvalue weighted by Gasteiger charge is 2.19. The van der Waals surface area contributed by atoms with Gasteiger partial charge in [-0.15, -0.1) is 0 Å². The largest absolute Gasteiger partial charge is 0.479 e. The second kappa shape index (κ2) is 8.48. The first-order valence-electron chi connectivity index (χ1n) is 9.87. The molecular formula is C21H28N4OS. The van der Waals surface area contributed by atoms with Gasteiger partial charge < -0.3 is 14.4 Å². The van der Waals surface area contributed by atoms with Gasteiger partial charge in [0, 0.05) is 47.9 Å². The van der Waals surface area contributed by atoms with E-state index in [0.717, 1.165) is 42.2 Å². The molecule has 5 nitrogen and oxygen atoms in total. The number of hydrogen-bond acceptors (Lipinski definition) is 6. The van der Waals surface area contributed by atoms with Crippen LogP contribution in [0.2, 0.25) is 0 Å². The van der Waals surface area contributed by atoms with Crippen molar-refractivity contribution in [3.63, 3.8) is 0 Å². The fourth-order valence-electron chi connectivity index (χ4n) is 3.98. The van der Waals surface area contributed by atoms with Crippen molar-refractivity contribution in [2.45, 2.75) is 49.3 Å². The Kier molecular flexibility index (Phi) is 5.83. The summed E-state index contributed by atoms with van der Waals surface area (Å²) in [6, 6.07) is 6.55. The number of likely N-dealkylation sites (N-methyl/N-ethyl adjacent to an activating group) is 1. The summed E-state index contributed by atoms with van der Waals surface area (Å²) in [6.07, 6.45) is 9.22. The summed E-state index contributed by atoms with van der Waals surface area (Å²) in [5.74, 6) is 1.32. The Hall–Kier alpha value is -1.79. The van der Waals surface area contributed by atoms with Crippen LogP contribution in [0.25, 0.3) is 0 Å². The zero-order valence-corrected chi connectivity index (χ0v) is 17.0. The van der Waals surface area contributed by atoms with E-state index in [1.807, 2.05) is 6.20 Å². The molecular weight excluding hydrogens is 356 g/mol. The molecule has 2 aromatic heterocycles. The molecule has 0 aromatic carbocycles. The van der Waals surface area contributed by atoms with Crippen molar-refractivity contribution in [2.24, 2.45) is 0 Å². The van der Waals surface area contributed by atoms with Crippen LogP contribution in [0, 0.1) is 0 Å². The van der Waals surface area contributed by atoms with Crippen LogP contribution in [0.15, 0.2) is 29.3 Å². The highest BCUT2D eigenvalue weighted by Crippen LogP contribution is 2.34. The minimum Gasteiger partial charge on any atom is -0.479 e. The molecule has 2 aliphatic rings. The zero-order chi connectivity index (χ0) is 18.6. The van der Waals surface area contributed by atoms with E-state index in [4.69, 9.17) is 14.7 Å². The molecule has 144 valence electrons. The Morgan fingerprint density at radius 3 is 2.74 bits per heavy atom. The lowest BCUT2D eigenvalue weighted by atomic mass is 10.0. The van der Waals surface area contributed by atoms with Gasteiger partial charge in [-0.1, -0.05) is 12.8 Å². The van der Waals surface area contributed by atoms with E-state index >= 15 is 0 Å². The molecule has 2 aromatic rings. The zero-order valence-electron chi connectivity index (χ0n) is 16.2. The highest BCUT2D eigenvalue weighted by atomic mass is 32.2. The lowest BCUT2D eigenvalue weighted by molar-refractivity contribution is 0.351. The van der Waals surface area contributed by atoms with Crippen molar-refractivity contribution in [3.05, 3.63) is 41.3 Å². The Morgan fingerprint density at radius 1 is 1.19 bits per heavy atom. The lowest BCUT2D eigenvalue weighted by Gasteiger charge is -2.14. The minimum atomic E-state index is 0.656. The third-order valence-electron chi connectivity index (χ3n) is 5.65. The SMILES string of the molecule is COc1nc2c(cc1NSc1ccc(C3CCCC3)nc1)CCN(C)CC2. The predicted molar refractivity (Wildman–Crippen MR) is 111 cm³/mol. The van der Waals surface area contributed by atoms with E-state index in [1.165, 1.54) is 36.9 Å². The molecule has 0 saturated heterocycles. The van der Waals surface area contributed by atoms with Crippen LogP contribution in [0.4, 0.5) is 5.69 Å². The second-order valence-corrected chi connectivity index (χ2v) is 8.44. The number of rotatable bonds is 5. The fraction of sp³-hybridized carbons (Fsp3) is 0.524. The number of ether oxygens (including phenoxy) is 1. The van der Waals surface area contributed by atoms with E-state index in [2.05, 4.69) is 34.9 Å². The second-order valence-electron chi connectivity index (χ2n) is 7.56. The molecule has 27 heavy (non-hydrogen) atoms. The van der Waals surface area contributed by atoms with Crippen molar-refractivity contribution in [1.82, 2.24) is 14.9 Å². The molecule has 1 aliphatic carbocycles. The van der Waals surface area contributed by atoms with Crippen LogP contribution >= 0.6 is 11.9 Å². The monoisotopic (exact) mass is 384 g/mol. The number of methoxy groups -OCH3 is 1. The van der Waals surface area contributed by atoms with Gasteiger partial charge in [-0.25, -0.2) is 4.98 Å². The molecule has 1 aliphatic heterocycles. The number of pyridine rings is 2. The third-order valence-corrected chi connectivity index (χ3v) is 6.45. The molecule has 3 heterocycles. The number of aromatic nitrogens is 2. The number of nitrogens with zero attached hydrogens (tertiary/aromatic N) is 3. The minimum absolute atomic E-state index is 0.656. The molecule has 0 spiro atoms. The lowest BCUT2D eigenvalue weighted by Crippen LogP contribution is -2.20. The highest BCUT2D eigenvalue weighted by molar-refractivity contribution is 8.00. The number of anilines is 1. The van der Waals surface area contributed by atoms with E-state index in [-0.39, 0.29) is 0 Å². The van der Waals surface area contributed by atoms with Crippen LogP contribution in [-0.4, -0.2) is 42.1 Å². The molecule has 0 bridgehead atoms. The number of fused-ring (bicyclic) bond motifs is 1. The maximum absolute atomic E-state index is 5.54. The van der Waals surface area contributed by atoms with Gasteiger partial charge in [0.05, 0.1) is 7.11 Å². The Balaban J connectivity index is 1.46. The van der Waals surface area contributed by atoms with Crippen LogP contribution < -0.4 is 9.46 Å². The molecule has 1 saturated carbocycles. The molecule has 0 unspecified atom stereocenters. The van der Waals surface area contributed by atoms with Crippen LogP contribution in [0.3, 0.4) is 0 Å². The molecule has 6 heteroatoms. The smallest absolute Gasteiger partial charge is 0.238 e. The van der Waals surface area contributed by atoms with Crippen molar-refractivity contribution in [3.8, 4) is 5.88 Å². The normalized spacial score (nSPS) is 18.1. The number of hydrogen-bond donors (Lipinski definition) is 1. The van der Waals surface area contributed by atoms with Gasteiger partial charge in [-0.3, -0.25) is 4.98 Å². The quantitative estimate of drug-likeness (QED) is 0.776. The average Bonchev–Trinajstić information content (AvgIpc) is 3.18. The van der Waals surface area contributed by atoms with Gasteiger partial charge in [0.1, 0.15) is 5.69 Å². The van der Waals surface area contributed by atoms with Crippen molar-refractivity contribution < 1.29 is 4.74 Å². The van der Waals surface area contributed by atoms with Crippen molar-refractivity contribution >= 4 is 17.6 Å². The van der Waals surface area contributed by atoms with Crippen LogP contribution in [0.5, 0.6) is 5.88 Å². The first-order chi connectivity index (χ1) is 13.2. The van der Waals surface area contributed by atoms with Crippen LogP contribution in [-0.2, 0) is 12.8 Å². The third kappa shape index (κ3) is 4.38. The summed E-state index contributed by atoms with van der Waals surface area (Å²) in [5.41, 5.74) is 4.66. The Labute approximate surface area is 166 Å². The topological polar surface area (TPSA) is 50.3 Å². The Morgan fingerprint density at radius 2 is 2.00 bits per heavy atom. The standard InChI is InChI=1S/C21H28N4OS/c1-25-11-9-16-13-20(21(26-2)23-19(16)10-12-25)24-27-17-7-8-18(22-14-17)15-5-3-4-6-15/h7-8,13-15,24H,3-6,9-12H2,1-2H3. The molecule has 1 fully saturated rings. The Bertz CT molecular complexity index is 774. The van der Waals surface area contributed by atoms with Gasteiger partial charge in [0.25, 0.3) is 0 Å². The molecule has 0 radical (unpaired) electrons. The van der Waals surface area contributed by atoms with Gasteiger partial charge >= 0.3 is 0 Å². The van der Waals surface area contributed by atoms with E-state index < -0.39 is 0 Å². The van der Waals surface area contributed by atoms with Gasteiger partial charge in [-0.05, 0) is 62.0 Å². The molecule has 1 N–H and O–H groups in total. The van der Waals surface area contributed by atoms with Gasteiger partial charge in [0.2, 0.25) is 5.88 Å². The first-order valence-corrected chi connectivity index (χ1v) is 10.7. The summed E-state index contributed by atoms with van der Waals surface area (Å²) in [5, 5.41) is 0. The molecule has 0 amide bonds. The van der Waals surface area contributed by atoms with E-state index in [1.54, 1.807) is 19.1 Å². The van der Waals surface area contributed by atoms with E-state index in [0.29, 0.717) is 11.8 Å². The van der Waals surface area contributed by atoms with E-state index in [9.17, 15) is 0 Å². The fourth-order valence-corrected chi connectivity index (χ4v) is 4.60. The summed E-state index contributed by atoms with van der Waals surface area (Å²) in [6.45, 7) is 2.11. The molecule has 4 rings (SSSR count). The van der Waals surface area contributed by atoms with Crippen molar-refractivity contribution in [1.29, 1.82) is 0 Å². The summed E-state index contributed by atoms with van der Waals surface area (Å²) in [7, 11) is 3.85. The maximum atomic E-state index is 5.54. The average molecular weight is 385 g/mol. The summed E-state index contributed by atoms with van der Waals surface area (Å²) >= 11 is 1.57.